The second-order valence-electron chi connectivity index (χ2n) is 9.22. The van der Waals surface area contributed by atoms with Crippen molar-refractivity contribution in [2.45, 2.75) is 58.2 Å². The molecule has 7 heteroatoms. The maximum absolute atomic E-state index is 13.4. The highest BCUT2D eigenvalue weighted by atomic mass is 35.5. The van der Waals surface area contributed by atoms with Crippen LogP contribution in [0.5, 0.6) is 17.2 Å². The fraction of sp³-hybridized carbons (Fsp3) is 0.423. The van der Waals surface area contributed by atoms with E-state index in [9.17, 15) is 4.79 Å². The van der Waals surface area contributed by atoms with Crippen LogP contribution in [0.4, 0.5) is 0 Å². The van der Waals surface area contributed by atoms with Gasteiger partial charge in [-0.3, -0.25) is 9.69 Å². The first-order valence-electron chi connectivity index (χ1n) is 11.6. The number of ketones is 1. The van der Waals surface area contributed by atoms with Crippen molar-refractivity contribution in [3.63, 3.8) is 0 Å². The summed E-state index contributed by atoms with van der Waals surface area (Å²) in [5.74, 6) is 2.27. The van der Waals surface area contributed by atoms with Crippen LogP contribution in [0, 0.1) is 6.92 Å². The smallest absolute Gasteiger partial charge is 0.232 e. The number of nitrogens with zero attached hydrogens (tertiary/aromatic N) is 1. The van der Waals surface area contributed by atoms with Crippen LogP contribution >= 0.6 is 11.6 Å². The first-order chi connectivity index (χ1) is 16.1. The molecule has 0 saturated heterocycles. The van der Waals surface area contributed by atoms with Gasteiger partial charge in [-0.2, -0.15) is 0 Å². The molecule has 0 atom stereocenters. The fourth-order valence-electron chi connectivity index (χ4n) is 5.38. The number of carbonyl (C=O) groups excluding carboxylic acids is 1. The molecule has 3 heterocycles. The molecule has 0 aromatic heterocycles. The molecule has 172 valence electrons. The topological polar surface area (TPSA) is 57.2 Å². The van der Waals surface area contributed by atoms with Gasteiger partial charge in [-0.25, -0.2) is 0 Å². The monoisotopic (exact) mass is 467 g/mol. The molecule has 1 fully saturated rings. The fourth-order valence-corrected chi connectivity index (χ4v) is 5.63. The average molecular weight is 468 g/mol. The van der Waals surface area contributed by atoms with Gasteiger partial charge in [-0.1, -0.05) is 30.9 Å². The predicted molar refractivity (Wildman–Crippen MR) is 124 cm³/mol. The van der Waals surface area contributed by atoms with E-state index in [0.29, 0.717) is 47.0 Å². The number of allylic oxidation sites excluding steroid dienone is 1. The third-order valence-electron chi connectivity index (χ3n) is 7.03. The lowest BCUT2D eigenvalue weighted by atomic mass is 9.93. The second-order valence-corrected chi connectivity index (χ2v) is 9.66. The number of rotatable bonds is 2. The number of carbonyl (C=O) groups is 1. The van der Waals surface area contributed by atoms with E-state index in [1.54, 1.807) is 12.1 Å². The van der Waals surface area contributed by atoms with Crippen LogP contribution in [0.1, 0.15) is 64.7 Å². The highest BCUT2D eigenvalue weighted by Gasteiger charge is 2.37. The Bertz CT molecular complexity index is 1170. The molecule has 0 bridgehead atoms. The lowest BCUT2D eigenvalue weighted by Gasteiger charge is -2.37. The Hall–Kier alpha value is -2.54. The van der Waals surface area contributed by atoms with Crippen LogP contribution in [-0.2, 0) is 17.9 Å². The van der Waals surface area contributed by atoms with E-state index in [2.05, 4.69) is 4.90 Å². The third kappa shape index (κ3) is 3.70. The minimum absolute atomic E-state index is 0.124. The number of benzene rings is 2. The zero-order valence-corrected chi connectivity index (χ0v) is 19.4. The molecule has 33 heavy (non-hydrogen) atoms. The lowest BCUT2D eigenvalue weighted by molar-refractivity contribution is -0.0165. The summed E-state index contributed by atoms with van der Waals surface area (Å²) in [5, 5.41) is 0.558. The van der Waals surface area contributed by atoms with Crippen molar-refractivity contribution in [2.75, 3.05) is 13.5 Å². The van der Waals surface area contributed by atoms with E-state index < -0.39 is 0 Å². The zero-order valence-electron chi connectivity index (χ0n) is 18.6. The second kappa shape index (κ2) is 8.35. The Balaban J connectivity index is 1.36. The first kappa shape index (κ1) is 21.0. The summed E-state index contributed by atoms with van der Waals surface area (Å²) in [5.41, 5.74) is 4.01. The number of hydrogen-bond acceptors (Lipinski definition) is 6. The van der Waals surface area contributed by atoms with E-state index in [0.717, 1.165) is 29.0 Å². The number of ether oxygens (including phenoxy) is 4. The van der Waals surface area contributed by atoms with Crippen molar-refractivity contribution in [3.8, 4) is 17.2 Å². The Morgan fingerprint density at radius 3 is 2.79 bits per heavy atom. The highest BCUT2D eigenvalue weighted by Crippen LogP contribution is 2.45. The Kier molecular flexibility index (Phi) is 5.32. The molecule has 6 rings (SSSR count). The Labute approximate surface area is 198 Å². The van der Waals surface area contributed by atoms with Gasteiger partial charge in [0.15, 0.2) is 12.6 Å². The van der Waals surface area contributed by atoms with Gasteiger partial charge >= 0.3 is 0 Å². The van der Waals surface area contributed by atoms with Crippen LogP contribution in [0.15, 0.2) is 24.0 Å². The average Bonchev–Trinajstić information content (AvgIpc) is 3.16. The van der Waals surface area contributed by atoms with Crippen molar-refractivity contribution in [1.29, 1.82) is 0 Å². The van der Waals surface area contributed by atoms with E-state index >= 15 is 0 Å². The van der Waals surface area contributed by atoms with Crippen molar-refractivity contribution in [2.24, 2.45) is 0 Å². The summed E-state index contributed by atoms with van der Waals surface area (Å²) in [4.78, 5) is 15.8. The van der Waals surface area contributed by atoms with Gasteiger partial charge in [0.05, 0.1) is 17.7 Å². The quantitative estimate of drug-likeness (QED) is 0.534. The normalized spacial score (nSPS) is 21.6. The SMILES string of the molecule is Cc1cc2c(c3c1C(=O)/C(=C/c1cc(Cl)cc4c1OCOC4)O3)CN(C1CCCCC1)CO2. The number of hydrogen-bond donors (Lipinski definition) is 0. The van der Waals surface area contributed by atoms with Crippen LogP contribution in [0.3, 0.4) is 0 Å². The van der Waals surface area contributed by atoms with Gasteiger partial charge in [0.1, 0.15) is 24.0 Å². The highest BCUT2D eigenvalue weighted by molar-refractivity contribution is 6.31. The van der Waals surface area contributed by atoms with Gasteiger partial charge in [-0.15, -0.1) is 0 Å². The van der Waals surface area contributed by atoms with Crippen LogP contribution in [0.2, 0.25) is 5.02 Å². The summed E-state index contributed by atoms with van der Waals surface area (Å²) >= 11 is 6.31. The van der Waals surface area contributed by atoms with Crippen LogP contribution in [-0.4, -0.2) is 30.2 Å². The maximum atomic E-state index is 13.4. The molecule has 2 aromatic rings. The molecule has 3 aliphatic heterocycles. The molecule has 4 aliphatic rings. The molecule has 1 saturated carbocycles. The Morgan fingerprint density at radius 1 is 1.09 bits per heavy atom. The summed E-state index contributed by atoms with van der Waals surface area (Å²) < 4.78 is 23.5. The van der Waals surface area contributed by atoms with Crippen LogP contribution in [0.25, 0.3) is 6.08 Å². The standard InChI is InChI=1S/C26H26ClNO5/c1-15-7-21-20(11-28(13-31-21)19-5-3-2-4-6-19)26-23(15)24(29)22(33-26)10-16-8-18(27)9-17-12-30-14-32-25(16)17/h7-10,19H,2-6,11-14H2,1H3/b22-10-. The molecule has 0 spiro atoms. The lowest BCUT2D eigenvalue weighted by Crippen LogP contribution is -2.41. The van der Waals surface area contributed by atoms with Gasteiger partial charge in [0.2, 0.25) is 5.78 Å². The summed E-state index contributed by atoms with van der Waals surface area (Å²) in [6, 6.07) is 6.10. The number of aryl methyl sites for hydroxylation is 1. The van der Waals surface area contributed by atoms with Gasteiger partial charge in [0, 0.05) is 28.7 Å². The first-order valence-corrected chi connectivity index (χ1v) is 12.0. The van der Waals surface area contributed by atoms with Gasteiger partial charge in [-0.05, 0) is 49.6 Å². The van der Waals surface area contributed by atoms with Crippen molar-refractivity contribution in [3.05, 3.63) is 56.8 Å². The molecule has 1 aliphatic carbocycles. The summed E-state index contributed by atoms with van der Waals surface area (Å²) in [6.07, 6.45) is 7.96. The molecule has 0 N–H and O–H groups in total. The van der Waals surface area contributed by atoms with Crippen molar-refractivity contribution >= 4 is 23.5 Å². The van der Waals surface area contributed by atoms with Crippen molar-refractivity contribution < 1.29 is 23.7 Å². The maximum Gasteiger partial charge on any atom is 0.232 e. The van der Waals surface area contributed by atoms with Gasteiger partial charge < -0.3 is 18.9 Å². The zero-order chi connectivity index (χ0) is 22.5. The van der Waals surface area contributed by atoms with E-state index in [4.69, 9.17) is 30.5 Å². The van der Waals surface area contributed by atoms with Gasteiger partial charge in [0.25, 0.3) is 0 Å². The van der Waals surface area contributed by atoms with E-state index in [1.165, 1.54) is 32.1 Å². The summed E-state index contributed by atoms with van der Waals surface area (Å²) in [7, 11) is 0. The predicted octanol–water partition coefficient (Wildman–Crippen LogP) is 5.62. The molecule has 2 aromatic carbocycles. The molecule has 0 unspecified atom stereocenters. The minimum atomic E-state index is -0.124. The summed E-state index contributed by atoms with van der Waals surface area (Å²) in [6.45, 7) is 3.83. The van der Waals surface area contributed by atoms with E-state index in [1.807, 2.05) is 19.1 Å². The van der Waals surface area contributed by atoms with Crippen LogP contribution < -0.4 is 14.2 Å². The Morgan fingerprint density at radius 2 is 1.94 bits per heavy atom. The molecule has 6 nitrogen and oxygen atoms in total. The number of halogens is 1. The molecular weight excluding hydrogens is 442 g/mol. The third-order valence-corrected chi connectivity index (χ3v) is 7.25. The number of Topliss-reactive ketones (excluding diaryl/α,β-unsaturated/α-hetero) is 1. The molecule has 0 radical (unpaired) electrons. The van der Waals surface area contributed by atoms with Crippen molar-refractivity contribution in [1.82, 2.24) is 4.90 Å². The number of fused-ring (bicyclic) bond motifs is 4. The largest absolute Gasteiger partial charge is 0.478 e. The van der Waals surface area contributed by atoms with E-state index in [-0.39, 0.29) is 18.3 Å². The minimum Gasteiger partial charge on any atom is -0.478 e. The molecular formula is C26H26ClNO5. The molecule has 0 amide bonds.